The third kappa shape index (κ3) is 5.58. The number of hydrogen-bond acceptors (Lipinski definition) is 5. The molecule has 1 aliphatic carbocycles. The number of aromatic nitrogens is 2. The molecule has 4 rings (SSSR count). The highest BCUT2D eigenvalue weighted by molar-refractivity contribution is 6.30. The number of nitrogens with one attached hydrogen (secondary N) is 2. The number of benzene rings is 2. The van der Waals surface area contributed by atoms with E-state index >= 15 is 0 Å². The Morgan fingerprint density at radius 3 is 2.16 bits per heavy atom. The lowest BCUT2D eigenvalue weighted by atomic mass is 10.2. The average molecular weight is 449 g/mol. The van der Waals surface area contributed by atoms with Crippen LogP contribution in [0.5, 0.6) is 5.75 Å². The molecule has 1 aliphatic rings. The molecule has 1 saturated carbocycles. The summed E-state index contributed by atoms with van der Waals surface area (Å²) in [5.41, 5.74) is 0.101. The third-order valence-corrected chi connectivity index (χ3v) is 5.17. The summed E-state index contributed by atoms with van der Waals surface area (Å²) >= 11 is 5.86. The first kappa shape index (κ1) is 21.2. The Morgan fingerprint density at radius 2 is 1.52 bits per heavy atom. The van der Waals surface area contributed by atoms with Crippen LogP contribution in [0.2, 0.25) is 5.02 Å². The second kappa shape index (κ2) is 9.01. The van der Waals surface area contributed by atoms with Gasteiger partial charge in [0.1, 0.15) is 17.1 Å². The van der Waals surface area contributed by atoms with E-state index in [9.17, 15) is 13.2 Å². The predicted octanol–water partition coefficient (Wildman–Crippen LogP) is 6.96. The molecule has 162 valence electrons. The summed E-state index contributed by atoms with van der Waals surface area (Å²) < 4.78 is 46.3. The monoisotopic (exact) mass is 448 g/mol. The van der Waals surface area contributed by atoms with Crippen molar-refractivity contribution in [2.75, 3.05) is 10.6 Å². The lowest BCUT2D eigenvalue weighted by Gasteiger charge is -2.16. The van der Waals surface area contributed by atoms with Gasteiger partial charge in [0, 0.05) is 22.6 Å². The van der Waals surface area contributed by atoms with Crippen molar-refractivity contribution >= 4 is 34.7 Å². The Morgan fingerprint density at radius 1 is 0.903 bits per heavy atom. The van der Waals surface area contributed by atoms with Crippen LogP contribution in [0.15, 0.2) is 54.7 Å². The van der Waals surface area contributed by atoms with Crippen molar-refractivity contribution in [3.8, 4) is 5.75 Å². The molecule has 0 aliphatic heterocycles. The van der Waals surface area contributed by atoms with Crippen molar-refractivity contribution in [1.82, 2.24) is 9.97 Å². The van der Waals surface area contributed by atoms with Gasteiger partial charge in [-0.15, -0.1) is 0 Å². The molecule has 2 N–H and O–H groups in total. The smallest absolute Gasteiger partial charge is 0.421 e. The molecular weight excluding hydrogens is 429 g/mol. The number of nitrogens with zero attached hydrogens (tertiary/aromatic N) is 2. The van der Waals surface area contributed by atoms with E-state index in [4.69, 9.17) is 16.3 Å². The van der Waals surface area contributed by atoms with Gasteiger partial charge in [0.15, 0.2) is 0 Å². The van der Waals surface area contributed by atoms with Crippen LogP contribution in [0, 0.1) is 0 Å². The van der Waals surface area contributed by atoms with E-state index in [-0.39, 0.29) is 17.9 Å². The molecule has 9 heteroatoms. The second-order valence-corrected chi connectivity index (χ2v) is 7.70. The van der Waals surface area contributed by atoms with Crippen molar-refractivity contribution in [1.29, 1.82) is 0 Å². The van der Waals surface area contributed by atoms with Crippen molar-refractivity contribution < 1.29 is 17.9 Å². The Hall–Kier alpha value is -3.00. The van der Waals surface area contributed by atoms with Crippen LogP contribution in [-0.2, 0) is 6.18 Å². The largest absolute Gasteiger partial charge is 0.490 e. The van der Waals surface area contributed by atoms with Gasteiger partial charge in [0.2, 0.25) is 5.95 Å². The molecule has 0 spiro atoms. The zero-order valence-electron chi connectivity index (χ0n) is 16.4. The summed E-state index contributed by atoms with van der Waals surface area (Å²) in [6.45, 7) is 0. The fraction of sp³-hybridized carbons (Fsp3) is 0.273. The quantitative estimate of drug-likeness (QED) is 0.427. The fourth-order valence-corrected chi connectivity index (χ4v) is 3.49. The first-order chi connectivity index (χ1) is 14.9. The molecule has 0 atom stereocenters. The molecule has 0 radical (unpaired) electrons. The fourth-order valence-electron chi connectivity index (χ4n) is 3.36. The lowest BCUT2D eigenvalue weighted by molar-refractivity contribution is -0.137. The van der Waals surface area contributed by atoms with Crippen LogP contribution >= 0.6 is 11.6 Å². The number of hydrogen-bond donors (Lipinski definition) is 2. The molecule has 1 heterocycles. The maximum Gasteiger partial charge on any atom is 0.421 e. The van der Waals surface area contributed by atoms with Crippen LogP contribution in [0.4, 0.5) is 36.3 Å². The Kier molecular flexibility index (Phi) is 6.18. The third-order valence-electron chi connectivity index (χ3n) is 4.92. The van der Waals surface area contributed by atoms with E-state index in [1.807, 2.05) is 0 Å². The van der Waals surface area contributed by atoms with E-state index in [1.54, 1.807) is 48.5 Å². The molecule has 3 aromatic rings. The summed E-state index contributed by atoms with van der Waals surface area (Å²) in [6.07, 6.45) is 0.727. The molecule has 0 unspecified atom stereocenters. The number of anilines is 4. The number of ether oxygens (including phenoxy) is 1. The number of rotatable bonds is 6. The van der Waals surface area contributed by atoms with Crippen molar-refractivity contribution in [2.45, 2.75) is 38.0 Å². The van der Waals surface area contributed by atoms with Crippen LogP contribution in [-0.4, -0.2) is 16.1 Å². The van der Waals surface area contributed by atoms with E-state index in [0.717, 1.165) is 31.9 Å². The van der Waals surface area contributed by atoms with Crippen LogP contribution in [0.3, 0.4) is 0 Å². The molecule has 2 aromatic carbocycles. The zero-order valence-corrected chi connectivity index (χ0v) is 17.2. The Labute approximate surface area is 182 Å². The molecule has 1 aromatic heterocycles. The van der Waals surface area contributed by atoms with Gasteiger partial charge in [0.25, 0.3) is 0 Å². The Bertz CT molecular complexity index is 1020. The van der Waals surface area contributed by atoms with Crippen molar-refractivity contribution in [3.63, 3.8) is 0 Å². The standard InChI is InChI=1S/C22H20ClF3N4O/c23-14-5-7-16(8-6-14)29-21-27-13-19(22(24,25)26)20(30-21)28-15-9-11-18(12-10-15)31-17-3-1-2-4-17/h5-13,17H,1-4H2,(H2,27,28,29,30). The Balaban J connectivity index is 1.54. The molecule has 0 bridgehead atoms. The van der Waals surface area contributed by atoms with E-state index < -0.39 is 11.7 Å². The molecule has 0 amide bonds. The minimum atomic E-state index is -4.60. The minimum absolute atomic E-state index is 0.0269. The van der Waals surface area contributed by atoms with E-state index in [0.29, 0.717) is 22.1 Å². The number of halogens is 4. The summed E-state index contributed by atoms with van der Waals surface area (Å²) in [5, 5.41) is 6.17. The van der Waals surface area contributed by atoms with Gasteiger partial charge < -0.3 is 15.4 Å². The molecule has 5 nitrogen and oxygen atoms in total. The highest BCUT2D eigenvalue weighted by Crippen LogP contribution is 2.35. The van der Waals surface area contributed by atoms with Gasteiger partial charge in [-0.2, -0.15) is 18.2 Å². The first-order valence-corrected chi connectivity index (χ1v) is 10.3. The lowest BCUT2D eigenvalue weighted by Crippen LogP contribution is -2.13. The summed E-state index contributed by atoms with van der Waals surface area (Å²) in [4.78, 5) is 7.84. The van der Waals surface area contributed by atoms with Crippen molar-refractivity contribution in [2.24, 2.45) is 0 Å². The number of alkyl halides is 3. The van der Waals surface area contributed by atoms with Gasteiger partial charge >= 0.3 is 6.18 Å². The molecule has 31 heavy (non-hydrogen) atoms. The normalized spacial score (nSPS) is 14.5. The maximum atomic E-state index is 13.5. The van der Waals surface area contributed by atoms with Crippen LogP contribution < -0.4 is 15.4 Å². The van der Waals surface area contributed by atoms with Crippen LogP contribution in [0.25, 0.3) is 0 Å². The van der Waals surface area contributed by atoms with Gasteiger partial charge in [-0.1, -0.05) is 11.6 Å². The SMILES string of the molecule is FC(F)(F)c1cnc(Nc2ccc(Cl)cc2)nc1Nc1ccc(OC2CCCC2)cc1. The zero-order chi connectivity index (χ0) is 21.8. The topological polar surface area (TPSA) is 59.1 Å². The van der Waals surface area contributed by atoms with Crippen LogP contribution in [0.1, 0.15) is 31.2 Å². The summed E-state index contributed by atoms with van der Waals surface area (Å²) in [6, 6.07) is 13.5. The maximum absolute atomic E-state index is 13.5. The molecular formula is C22H20ClF3N4O. The first-order valence-electron chi connectivity index (χ1n) is 9.87. The predicted molar refractivity (Wildman–Crippen MR) is 114 cm³/mol. The summed E-state index contributed by atoms with van der Waals surface area (Å²) in [7, 11) is 0. The highest BCUT2D eigenvalue weighted by atomic mass is 35.5. The van der Waals surface area contributed by atoms with E-state index in [1.165, 1.54) is 0 Å². The molecule has 1 fully saturated rings. The van der Waals surface area contributed by atoms with Gasteiger partial charge in [-0.25, -0.2) is 4.98 Å². The minimum Gasteiger partial charge on any atom is -0.490 e. The van der Waals surface area contributed by atoms with Gasteiger partial charge in [0.05, 0.1) is 6.10 Å². The summed E-state index contributed by atoms with van der Waals surface area (Å²) in [5.74, 6) is 0.378. The highest BCUT2D eigenvalue weighted by Gasteiger charge is 2.35. The van der Waals surface area contributed by atoms with Gasteiger partial charge in [-0.05, 0) is 74.2 Å². The van der Waals surface area contributed by atoms with Gasteiger partial charge in [-0.3, -0.25) is 0 Å². The van der Waals surface area contributed by atoms with Crippen molar-refractivity contribution in [3.05, 3.63) is 65.3 Å². The average Bonchev–Trinajstić information content (AvgIpc) is 3.24. The van der Waals surface area contributed by atoms with E-state index in [2.05, 4.69) is 20.6 Å². The molecule has 0 saturated heterocycles. The second-order valence-electron chi connectivity index (χ2n) is 7.26.